The summed E-state index contributed by atoms with van der Waals surface area (Å²) in [7, 11) is 0. The largest absolute Gasteiger partial charge is 0.378 e. The lowest BCUT2D eigenvalue weighted by atomic mass is 9.84. The van der Waals surface area contributed by atoms with Crippen molar-refractivity contribution in [2.24, 2.45) is 5.92 Å². The maximum atomic E-state index is 12.5. The van der Waals surface area contributed by atoms with Gasteiger partial charge in [-0.1, -0.05) is 24.4 Å². The van der Waals surface area contributed by atoms with E-state index in [-0.39, 0.29) is 10.3 Å². The number of hydrogen-bond acceptors (Lipinski definition) is 4. The standard InChI is InChI=1S/C15H22ClN3OS/c1-21-15(6-3-7-15)10-17-13-12(16)8-18-19(14(13)20)9-11-4-2-5-11/h8,11,17H,2-7,9-10H2,1H3. The Bertz CT molecular complexity index is 561. The Balaban J connectivity index is 1.73. The fraction of sp³-hybridized carbons (Fsp3) is 0.733. The molecule has 1 aromatic heterocycles. The minimum atomic E-state index is -0.0787. The maximum absolute atomic E-state index is 12.5. The molecule has 2 aliphatic carbocycles. The van der Waals surface area contributed by atoms with Gasteiger partial charge in [-0.05, 0) is 37.9 Å². The van der Waals surface area contributed by atoms with E-state index in [0.29, 0.717) is 16.6 Å². The first-order chi connectivity index (χ1) is 10.1. The van der Waals surface area contributed by atoms with Crippen molar-refractivity contribution in [1.82, 2.24) is 9.78 Å². The van der Waals surface area contributed by atoms with Crippen LogP contribution in [0.5, 0.6) is 0 Å². The van der Waals surface area contributed by atoms with Gasteiger partial charge >= 0.3 is 0 Å². The van der Waals surface area contributed by atoms with Crippen LogP contribution in [0.1, 0.15) is 38.5 Å². The molecule has 0 bridgehead atoms. The second kappa shape index (κ2) is 6.21. The van der Waals surface area contributed by atoms with Crippen LogP contribution in [0, 0.1) is 5.92 Å². The van der Waals surface area contributed by atoms with Crippen LogP contribution in [0.2, 0.25) is 5.02 Å². The molecular formula is C15H22ClN3OS. The predicted molar refractivity (Wildman–Crippen MR) is 89.4 cm³/mol. The van der Waals surface area contributed by atoms with Crippen LogP contribution < -0.4 is 10.9 Å². The highest BCUT2D eigenvalue weighted by molar-refractivity contribution is 8.00. The number of aromatic nitrogens is 2. The molecule has 4 nitrogen and oxygen atoms in total. The van der Waals surface area contributed by atoms with Gasteiger partial charge in [-0.2, -0.15) is 16.9 Å². The zero-order valence-electron chi connectivity index (χ0n) is 12.4. The molecule has 116 valence electrons. The van der Waals surface area contributed by atoms with Crippen LogP contribution in [0.15, 0.2) is 11.0 Å². The van der Waals surface area contributed by atoms with Gasteiger partial charge in [0.2, 0.25) is 0 Å². The van der Waals surface area contributed by atoms with Crippen LogP contribution in [-0.2, 0) is 6.54 Å². The molecular weight excluding hydrogens is 306 g/mol. The van der Waals surface area contributed by atoms with Crippen molar-refractivity contribution in [1.29, 1.82) is 0 Å². The third-order valence-electron chi connectivity index (χ3n) is 4.94. The molecule has 6 heteroatoms. The first-order valence-corrected chi connectivity index (χ1v) is 9.28. The molecule has 0 unspecified atom stereocenters. The molecule has 1 heterocycles. The van der Waals surface area contributed by atoms with Gasteiger partial charge in [-0.15, -0.1) is 0 Å². The van der Waals surface area contributed by atoms with Crippen LogP contribution in [0.25, 0.3) is 0 Å². The summed E-state index contributed by atoms with van der Waals surface area (Å²) in [5.41, 5.74) is 0.441. The smallest absolute Gasteiger partial charge is 0.291 e. The summed E-state index contributed by atoms with van der Waals surface area (Å²) in [6.07, 6.45) is 11.1. The molecule has 2 aliphatic rings. The van der Waals surface area contributed by atoms with E-state index >= 15 is 0 Å². The van der Waals surface area contributed by atoms with E-state index in [0.717, 1.165) is 13.1 Å². The van der Waals surface area contributed by atoms with Crippen molar-refractivity contribution in [3.05, 3.63) is 21.6 Å². The molecule has 0 amide bonds. The Labute approximate surface area is 134 Å². The number of anilines is 1. The Hall–Kier alpha value is -0.680. The van der Waals surface area contributed by atoms with Gasteiger partial charge in [-0.3, -0.25) is 4.79 Å². The summed E-state index contributed by atoms with van der Waals surface area (Å²) in [5, 5.41) is 7.92. The van der Waals surface area contributed by atoms with Crippen molar-refractivity contribution in [2.75, 3.05) is 18.1 Å². The summed E-state index contributed by atoms with van der Waals surface area (Å²) in [6, 6.07) is 0. The third kappa shape index (κ3) is 3.09. The van der Waals surface area contributed by atoms with Crippen LogP contribution in [0.3, 0.4) is 0 Å². The summed E-state index contributed by atoms with van der Waals surface area (Å²) in [4.78, 5) is 12.5. The molecule has 2 saturated carbocycles. The number of nitrogens with one attached hydrogen (secondary N) is 1. The predicted octanol–water partition coefficient (Wildman–Crippen LogP) is 3.39. The highest BCUT2D eigenvalue weighted by atomic mass is 35.5. The highest BCUT2D eigenvalue weighted by Crippen LogP contribution is 2.42. The molecule has 2 fully saturated rings. The van der Waals surface area contributed by atoms with Gasteiger partial charge in [0.25, 0.3) is 5.56 Å². The minimum Gasteiger partial charge on any atom is -0.378 e. The molecule has 0 radical (unpaired) electrons. The van der Waals surface area contributed by atoms with E-state index in [1.165, 1.54) is 38.5 Å². The molecule has 0 atom stereocenters. The zero-order chi connectivity index (χ0) is 14.9. The van der Waals surface area contributed by atoms with Crippen molar-refractivity contribution >= 4 is 29.1 Å². The van der Waals surface area contributed by atoms with E-state index in [9.17, 15) is 4.79 Å². The second-order valence-corrected chi connectivity index (χ2v) is 7.93. The van der Waals surface area contributed by atoms with Crippen molar-refractivity contribution in [2.45, 2.75) is 49.8 Å². The lowest BCUT2D eigenvalue weighted by Gasteiger charge is -2.40. The average molecular weight is 328 g/mol. The summed E-state index contributed by atoms with van der Waals surface area (Å²) < 4.78 is 1.85. The maximum Gasteiger partial charge on any atom is 0.291 e. The Morgan fingerprint density at radius 1 is 1.48 bits per heavy atom. The lowest BCUT2D eigenvalue weighted by Crippen LogP contribution is -2.41. The Morgan fingerprint density at radius 2 is 2.24 bits per heavy atom. The van der Waals surface area contributed by atoms with Crippen molar-refractivity contribution < 1.29 is 0 Å². The van der Waals surface area contributed by atoms with E-state index in [4.69, 9.17) is 11.6 Å². The highest BCUT2D eigenvalue weighted by Gasteiger charge is 2.36. The van der Waals surface area contributed by atoms with Crippen LogP contribution in [-0.4, -0.2) is 27.3 Å². The Kier molecular flexibility index (Phi) is 4.50. The second-order valence-electron chi connectivity index (χ2n) is 6.25. The topological polar surface area (TPSA) is 46.9 Å². The number of nitrogens with zero attached hydrogens (tertiary/aromatic N) is 2. The Morgan fingerprint density at radius 3 is 2.76 bits per heavy atom. The molecule has 3 rings (SSSR count). The SMILES string of the molecule is CSC1(CNc2c(Cl)cnn(CC3CCC3)c2=O)CCC1. The molecule has 0 aromatic carbocycles. The monoisotopic (exact) mass is 327 g/mol. The van der Waals surface area contributed by atoms with Gasteiger partial charge in [0.15, 0.2) is 0 Å². The van der Waals surface area contributed by atoms with Gasteiger partial charge in [0.1, 0.15) is 5.69 Å². The third-order valence-corrected chi connectivity index (χ3v) is 6.64. The van der Waals surface area contributed by atoms with Gasteiger partial charge in [0, 0.05) is 17.8 Å². The number of thioether (sulfide) groups is 1. The van der Waals surface area contributed by atoms with Gasteiger partial charge < -0.3 is 5.32 Å². The minimum absolute atomic E-state index is 0.0787. The van der Waals surface area contributed by atoms with Gasteiger partial charge in [0.05, 0.1) is 11.2 Å². The molecule has 1 aromatic rings. The van der Waals surface area contributed by atoms with Crippen LogP contribution in [0.4, 0.5) is 5.69 Å². The zero-order valence-corrected chi connectivity index (χ0v) is 14.0. The molecule has 1 N–H and O–H groups in total. The quantitative estimate of drug-likeness (QED) is 0.870. The molecule has 0 saturated heterocycles. The fourth-order valence-corrected chi connectivity index (χ4v) is 4.06. The van der Waals surface area contributed by atoms with E-state index in [2.05, 4.69) is 16.7 Å². The van der Waals surface area contributed by atoms with Gasteiger partial charge in [-0.25, -0.2) is 4.68 Å². The molecule has 0 aliphatic heterocycles. The average Bonchev–Trinajstić information content (AvgIpc) is 2.38. The number of rotatable bonds is 6. The summed E-state index contributed by atoms with van der Waals surface area (Å²) >= 11 is 8.06. The van der Waals surface area contributed by atoms with E-state index in [1.54, 1.807) is 10.9 Å². The number of halogens is 1. The van der Waals surface area contributed by atoms with Crippen molar-refractivity contribution in [3.8, 4) is 0 Å². The van der Waals surface area contributed by atoms with Crippen molar-refractivity contribution in [3.63, 3.8) is 0 Å². The van der Waals surface area contributed by atoms with E-state index in [1.807, 2.05) is 11.8 Å². The first kappa shape index (κ1) is 15.2. The lowest BCUT2D eigenvalue weighted by molar-refractivity contribution is 0.262. The summed E-state index contributed by atoms with van der Waals surface area (Å²) in [5.74, 6) is 0.605. The normalized spacial score (nSPS) is 20.7. The van der Waals surface area contributed by atoms with Crippen LogP contribution >= 0.6 is 23.4 Å². The molecule has 21 heavy (non-hydrogen) atoms. The number of hydrogen-bond donors (Lipinski definition) is 1. The fourth-order valence-electron chi connectivity index (χ4n) is 2.95. The van der Waals surface area contributed by atoms with E-state index < -0.39 is 0 Å². The summed E-state index contributed by atoms with van der Waals surface area (Å²) in [6.45, 7) is 1.52. The molecule has 0 spiro atoms. The first-order valence-electron chi connectivity index (χ1n) is 7.68.